The molecular weight excluding hydrogens is 156 g/mol. The Bertz CT molecular complexity index is 232. The van der Waals surface area contributed by atoms with Crippen LogP contribution in [0.25, 0.3) is 0 Å². The maximum Gasteiger partial charge on any atom is 0.133 e. The van der Waals surface area contributed by atoms with Crippen molar-refractivity contribution in [2.24, 2.45) is 0 Å². The summed E-state index contributed by atoms with van der Waals surface area (Å²) in [6.07, 6.45) is 0. The lowest BCUT2D eigenvalue weighted by atomic mass is 10.2. The lowest BCUT2D eigenvalue weighted by Gasteiger charge is -2.20. The highest BCUT2D eigenvalue weighted by atomic mass is 32.1. The Hall–Kier alpha value is -0.500. The minimum absolute atomic E-state index is 0.118. The Morgan fingerprint density at radius 3 is 2.45 bits per heavy atom. The summed E-state index contributed by atoms with van der Waals surface area (Å²) in [6.45, 7) is 9.95. The molecule has 1 nitrogen and oxygen atoms in total. The van der Waals surface area contributed by atoms with Crippen LogP contribution in [-0.2, 0) is 0 Å². The average Bonchev–Trinajstić information content (AvgIpc) is 2.12. The van der Waals surface area contributed by atoms with Crippen LogP contribution >= 0.6 is 11.3 Å². The molecule has 1 aromatic rings. The molecule has 11 heavy (non-hydrogen) atoms. The van der Waals surface area contributed by atoms with Crippen LogP contribution in [0.1, 0.15) is 25.6 Å². The van der Waals surface area contributed by atoms with Gasteiger partial charge in [0.05, 0.1) is 0 Å². The molecule has 0 aliphatic rings. The summed E-state index contributed by atoms with van der Waals surface area (Å²) in [6, 6.07) is 1.96. The largest absolute Gasteiger partial charge is 0.487 e. The fourth-order valence-corrected chi connectivity index (χ4v) is 1.33. The van der Waals surface area contributed by atoms with Crippen molar-refractivity contribution in [1.29, 1.82) is 0 Å². The Morgan fingerprint density at radius 2 is 2.09 bits per heavy atom. The molecular formula is C9H13OS. The fourth-order valence-electron chi connectivity index (χ4n) is 0.750. The summed E-state index contributed by atoms with van der Waals surface area (Å²) < 4.78 is 5.62. The van der Waals surface area contributed by atoms with Gasteiger partial charge in [-0.15, -0.1) is 11.3 Å². The molecule has 1 radical (unpaired) electrons. The zero-order valence-electron chi connectivity index (χ0n) is 7.18. The van der Waals surface area contributed by atoms with Crippen molar-refractivity contribution in [2.45, 2.75) is 26.4 Å². The first-order chi connectivity index (χ1) is 4.99. The van der Waals surface area contributed by atoms with Gasteiger partial charge in [-0.25, -0.2) is 0 Å². The second-order valence-corrected chi connectivity index (χ2v) is 4.42. The van der Waals surface area contributed by atoms with Crippen LogP contribution in [0.3, 0.4) is 0 Å². The number of thiophene rings is 1. The van der Waals surface area contributed by atoms with Gasteiger partial charge in [0.25, 0.3) is 0 Å². The van der Waals surface area contributed by atoms with Crippen LogP contribution in [-0.4, -0.2) is 5.60 Å². The molecule has 0 bridgehead atoms. The second-order valence-electron chi connectivity index (χ2n) is 3.42. The average molecular weight is 169 g/mol. The van der Waals surface area contributed by atoms with E-state index in [1.165, 1.54) is 0 Å². The summed E-state index contributed by atoms with van der Waals surface area (Å²) in [7, 11) is 0. The van der Waals surface area contributed by atoms with Crippen LogP contribution in [0.5, 0.6) is 5.75 Å². The minimum atomic E-state index is -0.118. The van der Waals surface area contributed by atoms with Crippen molar-refractivity contribution in [3.8, 4) is 5.75 Å². The lowest BCUT2D eigenvalue weighted by molar-refractivity contribution is 0.131. The molecule has 1 aromatic heterocycles. The normalized spacial score (nSPS) is 11.6. The molecule has 0 unspecified atom stereocenters. The quantitative estimate of drug-likeness (QED) is 0.627. The molecule has 0 aromatic carbocycles. The molecule has 0 atom stereocenters. The van der Waals surface area contributed by atoms with E-state index in [0.29, 0.717) is 0 Å². The molecule has 1 rings (SSSR count). The summed E-state index contributed by atoms with van der Waals surface area (Å²) >= 11 is 1.61. The van der Waals surface area contributed by atoms with E-state index in [9.17, 15) is 0 Å². The van der Waals surface area contributed by atoms with Crippen molar-refractivity contribution in [3.05, 3.63) is 23.2 Å². The van der Waals surface area contributed by atoms with Crippen LogP contribution in [0.15, 0.2) is 11.4 Å². The van der Waals surface area contributed by atoms with Crippen molar-refractivity contribution in [2.75, 3.05) is 0 Å². The standard InChI is InChI=1S/C9H13OS/c1-7-8(5-6-11-7)10-9(2,3)4/h5-6H,1H2,2-4H3. The van der Waals surface area contributed by atoms with Gasteiger partial charge >= 0.3 is 0 Å². The van der Waals surface area contributed by atoms with Crippen LogP contribution in [0, 0.1) is 6.92 Å². The van der Waals surface area contributed by atoms with E-state index >= 15 is 0 Å². The predicted molar refractivity (Wildman–Crippen MR) is 49.2 cm³/mol. The molecule has 0 spiro atoms. The van der Waals surface area contributed by atoms with Crippen LogP contribution in [0.4, 0.5) is 0 Å². The van der Waals surface area contributed by atoms with Crippen molar-refractivity contribution < 1.29 is 4.74 Å². The van der Waals surface area contributed by atoms with E-state index in [2.05, 4.69) is 6.92 Å². The van der Waals surface area contributed by atoms with E-state index in [4.69, 9.17) is 4.74 Å². The van der Waals surface area contributed by atoms with E-state index in [1.807, 2.05) is 32.2 Å². The van der Waals surface area contributed by atoms with Crippen molar-refractivity contribution >= 4 is 11.3 Å². The summed E-state index contributed by atoms with van der Waals surface area (Å²) in [5.74, 6) is 0.905. The third-order valence-electron chi connectivity index (χ3n) is 1.12. The zero-order chi connectivity index (χ0) is 8.48. The number of hydrogen-bond acceptors (Lipinski definition) is 2. The van der Waals surface area contributed by atoms with Gasteiger partial charge in [-0.05, 0) is 39.1 Å². The molecule has 0 saturated heterocycles. The van der Waals surface area contributed by atoms with Gasteiger partial charge in [-0.2, -0.15) is 0 Å². The van der Waals surface area contributed by atoms with Crippen molar-refractivity contribution in [3.63, 3.8) is 0 Å². The van der Waals surface area contributed by atoms with Gasteiger partial charge in [0.15, 0.2) is 0 Å². The first kappa shape index (κ1) is 8.60. The highest BCUT2D eigenvalue weighted by molar-refractivity contribution is 7.10. The zero-order valence-corrected chi connectivity index (χ0v) is 7.99. The number of hydrogen-bond donors (Lipinski definition) is 0. The highest BCUT2D eigenvalue weighted by Crippen LogP contribution is 2.26. The van der Waals surface area contributed by atoms with E-state index in [0.717, 1.165) is 10.6 Å². The van der Waals surface area contributed by atoms with Gasteiger partial charge in [0.2, 0.25) is 0 Å². The topological polar surface area (TPSA) is 9.23 Å². The lowest BCUT2D eigenvalue weighted by Crippen LogP contribution is -2.22. The maximum absolute atomic E-state index is 5.62. The van der Waals surface area contributed by atoms with E-state index < -0.39 is 0 Å². The van der Waals surface area contributed by atoms with Gasteiger partial charge in [0, 0.05) is 4.88 Å². The first-order valence-corrected chi connectivity index (χ1v) is 4.45. The number of ether oxygens (including phenoxy) is 1. The van der Waals surface area contributed by atoms with Crippen LogP contribution in [0.2, 0.25) is 0 Å². The Kier molecular flexibility index (Phi) is 2.23. The smallest absolute Gasteiger partial charge is 0.133 e. The molecule has 0 aliphatic heterocycles. The van der Waals surface area contributed by atoms with E-state index in [1.54, 1.807) is 11.3 Å². The van der Waals surface area contributed by atoms with Crippen LogP contribution < -0.4 is 4.74 Å². The van der Waals surface area contributed by atoms with Gasteiger partial charge in [0.1, 0.15) is 11.4 Å². The van der Waals surface area contributed by atoms with Gasteiger partial charge in [-0.1, -0.05) is 0 Å². The van der Waals surface area contributed by atoms with Crippen molar-refractivity contribution in [1.82, 2.24) is 0 Å². The monoisotopic (exact) mass is 169 g/mol. The maximum atomic E-state index is 5.62. The second kappa shape index (κ2) is 2.86. The molecule has 61 valence electrons. The molecule has 0 aliphatic carbocycles. The van der Waals surface area contributed by atoms with Gasteiger partial charge in [-0.3, -0.25) is 0 Å². The summed E-state index contributed by atoms with van der Waals surface area (Å²) in [4.78, 5) is 1.000. The Balaban J connectivity index is 2.72. The predicted octanol–water partition coefficient (Wildman–Crippen LogP) is 3.11. The summed E-state index contributed by atoms with van der Waals surface area (Å²) in [5.41, 5.74) is -0.118. The summed E-state index contributed by atoms with van der Waals surface area (Å²) in [5, 5.41) is 1.99. The SMILES string of the molecule is [CH2]c1sccc1OC(C)(C)C. The molecule has 0 amide bonds. The Morgan fingerprint density at radius 1 is 1.45 bits per heavy atom. The minimum Gasteiger partial charge on any atom is -0.487 e. The number of rotatable bonds is 1. The molecule has 0 saturated carbocycles. The molecule has 2 heteroatoms. The first-order valence-electron chi connectivity index (χ1n) is 3.57. The fraction of sp³-hybridized carbons (Fsp3) is 0.444. The molecule has 0 fully saturated rings. The third kappa shape index (κ3) is 2.54. The molecule has 1 heterocycles. The van der Waals surface area contributed by atoms with Gasteiger partial charge < -0.3 is 4.74 Å². The molecule has 0 N–H and O–H groups in total. The highest BCUT2D eigenvalue weighted by Gasteiger charge is 2.13. The third-order valence-corrected chi connectivity index (χ3v) is 1.88. The van der Waals surface area contributed by atoms with E-state index in [-0.39, 0.29) is 5.60 Å². The Labute approximate surface area is 72.0 Å².